The summed E-state index contributed by atoms with van der Waals surface area (Å²) in [6, 6.07) is 4.46. The van der Waals surface area contributed by atoms with E-state index in [-0.39, 0.29) is 30.2 Å². The number of aromatic nitrogens is 6. The molecule has 1 amide bonds. The van der Waals surface area contributed by atoms with Crippen molar-refractivity contribution in [3.63, 3.8) is 0 Å². The van der Waals surface area contributed by atoms with E-state index in [2.05, 4.69) is 25.7 Å². The van der Waals surface area contributed by atoms with Crippen LogP contribution in [0.3, 0.4) is 0 Å². The van der Waals surface area contributed by atoms with Crippen molar-refractivity contribution in [2.75, 3.05) is 6.54 Å². The lowest BCUT2D eigenvalue weighted by molar-refractivity contribution is 0.0942. The zero-order chi connectivity index (χ0) is 16.2. The number of hydrogen-bond donors (Lipinski definition) is 1. The molecule has 0 aliphatic heterocycles. The Bertz CT molecular complexity index is 866. The van der Waals surface area contributed by atoms with Crippen molar-refractivity contribution in [3.8, 4) is 5.82 Å². The minimum atomic E-state index is -0.373. The first-order valence-electron chi connectivity index (χ1n) is 6.78. The second kappa shape index (κ2) is 6.22. The van der Waals surface area contributed by atoms with Crippen LogP contribution >= 0.6 is 0 Å². The van der Waals surface area contributed by atoms with Crippen molar-refractivity contribution < 1.29 is 9.32 Å². The summed E-state index contributed by atoms with van der Waals surface area (Å²) in [6.07, 6.45) is 2.85. The molecule has 3 heterocycles. The lowest BCUT2D eigenvalue weighted by Gasteiger charge is -2.07. The van der Waals surface area contributed by atoms with Crippen molar-refractivity contribution in [3.05, 3.63) is 52.7 Å². The summed E-state index contributed by atoms with van der Waals surface area (Å²) in [5, 5.41) is 14.4. The lowest BCUT2D eigenvalue weighted by atomic mass is 10.3. The van der Waals surface area contributed by atoms with Crippen molar-refractivity contribution >= 4 is 5.91 Å². The van der Waals surface area contributed by atoms with Gasteiger partial charge in [-0.25, -0.2) is 14.3 Å². The minimum absolute atomic E-state index is 0.194. The summed E-state index contributed by atoms with van der Waals surface area (Å²) in [5.74, 6) is 0.636. The van der Waals surface area contributed by atoms with Gasteiger partial charge >= 0.3 is 0 Å². The maximum absolute atomic E-state index is 11.8. The smallest absolute Gasteiger partial charge is 0.273 e. The van der Waals surface area contributed by atoms with Crippen LogP contribution in [0.5, 0.6) is 0 Å². The van der Waals surface area contributed by atoms with Crippen molar-refractivity contribution in [2.45, 2.75) is 13.5 Å². The van der Waals surface area contributed by atoms with Crippen LogP contribution in [0.2, 0.25) is 0 Å². The third-order valence-corrected chi connectivity index (χ3v) is 2.98. The molecule has 118 valence electrons. The number of nitrogens with one attached hydrogen (secondary N) is 1. The monoisotopic (exact) mass is 315 g/mol. The van der Waals surface area contributed by atoms with Gasteiger partial charge in [0.2, 0.25) is 0 Å². The third kappa shape index (κ3) is 3.31. The van der Waals surface area contributed by atoms with Crippen LogP contribution in [-0.2, 0) is 6.54 Å². The average molecular weight is 315 g/mol. The van der Waals surface area contributed by atoms with E-state index < -0.39 is 0 Å². The maximum atomic E-state index is 11.8. The Hall–Kier alpha value is -3.30. The Balaban J connectivity index is 1.65. The second-order valence-corrected chi connectivity index (χ2v) is 4.67. The second-order valence-electron chi connectivity index (χ2n) is 4.67. The summed E-state index contributed by atoms with van der Waals surface area (Å²) < 4.78 is 7.51. The predicted octanol–water partition coefficient (Wildman–Crippen LogP) is -0.450. The zero-order valence-corrected chi connectivity index (χ0v) is 12.2. The van der Waals surface area contributed by atoms with E-state index in [9.17, 15) is 9.59 Å². The van der Waals surface area contributed by atoms with E-state index in [1.54, 1.807) is 13.0 Å². The SMILES string of the molecule is Cc1cc(C(=O)NCCn2nc(-n3cncn3)ccc2=O)no1. The summed E-state index contributed by atoms with van der Waals surface area (Å²) >= 11 is 0. The molecule has 1 N–H and O–H groups in total. The van der Waals surface area contributed by atoms with Crippen LogP contribution < -0.4 is 10.9 Å². The highest BCUT2D eigenvalue weighted by atomic mass is 16.5. The van der Waals surface area contributed by atoms with Gasteiger partial charge < -0.3 is 9.84 Å². The van der Waals surface area contributed by atoms with Crippen LogP contribution in [0.4, 0.5) is 0 Å². The number of rotatable bonds is 5. The molecule has 0 aliphatic rings. The van der Waals surface area contributed by atoms with Crippen molar-refractivity contribution in [1.29, 1.82) is 0 Å². The number of nitrogens with zero attached hydrogens (tertiary/aromatic N) is 6. The molecule has 0 aliphatic carbocycles. The van der Waals surface area contributed by atoms with E-state index >= 15 is 0 Å². The normalized spacial score (nSPS) is 10.7. The molecule has 23 heavy (non-hydrogen) atoms. The first-order chi connectivity index (χ1) is 11.1. The van der Waals surface area contributed by atoms with Crippen LogP contribution in [0.25, 0.3) is 5.82 Å². The fourth-order valence-corrected chi connectivity index (χ4v) is 1.89. The first-order valence-corrected chi connectivity index (χ1v) is 6.78. The quantitative estimate of drug-likeness (QED) is 0.677. The van der Waals surface area contributed by atoms with E-state index in [0.717, 1.165) is 0 Å². The molecule has 3 aromatic heterocycles. The molecule has 0 bridgehead atoms. The van der Waals surface area contributed by atoms with Gasteiger partial charge in [0.05, 0.1) is 6.54 Å². The first kappa shape index (κ1) is 14.6. The average Bonchev–Trinajstić information content (AvgIpc) is 3.20. The molecule has 3 aromatic rings. The number of aryl methyl sites for hydroxylation is 1. The molecule has 0 atom stereocenters. The fourth-order valence-electron chi connectivity index (χ4n) is 1.89. The highest BCUT2D eigenvalue weighted by Gasteiger charge is 2.10. The Morgan fingerprint density at radius 2 is 2.26 bits per heavy atom. The van der Waals surface area contributed by atoms with E-state index in [1.807, 2.05) is 0 Å². The molecule has 0 radical (unpaired) electrons. The lowest BCUT2D eigenvalue weighted by Crippen LogP contribution is -2.32. The highest BCUT2D eigenvalue weighted by molar-refractivity contribution is 5.92. The molecule has 10 heteroatoms. The molecule has 0 saturated carbocycles. The third-order valence-electron chi connectivity index (χ3n) is 2.98. The summed E-state index contributed by atoms with van der Waals surface area (Å²) in [6.45, 7) is 2.13. The van der Waals surface area contributed by atoms with Crippen LogP contribution in [0.15, 0.2) is 40.2 Å². The van der Waals surface area contributed by atoms with Crippen LogP contribution in [0, 0.1) is 6.92 Å². The molecule has 0 fully saturated rings. The van der Waals surface area contributed by atoms with Gasteiger partial charge in [-0.1, -0.05) is 5.16 Å². The number of hydrogen-bond acceptors (Lipinski definition) is 7. The molecule has 0 unspecified atom stereocenters. The van der Waals surface area contributed by atoms with E-state index in [4.69, 9.17) is 4.52 Å². The van der Waals surface area contributed by atoms with Gasteiger partial charge in [-0.2, -0.15) is 5.10 Å². The summed E-state index contributed by atoms with van der Waals surface area (Å²) in [5.41, 5.74) is -0.0837. The minimum Gasteiger partial charge on any atom is -0.361 e. The molecule has 0 saturated heterocycles. The topological polar surface area (TPSA) is 121 Å². The molecular formula is C13H13N7O3. The van der Waals surface area contributed by atoms with Gasteiger partial charge in [-0.3, -0.25) is 9.59 Å². The molecular weight excluding hydrogens is 302 g/mol. The molecule has 0 aromatic carbocycles. The van der Waals surface area contributed by atoms with Gasteiger partial charge in [-0.05, 0) is 13.0 Å². The zero-order valence-electron chi connectivity index (χ0n) is 12.2. The maximum Gasteiger partial charge on any atom is 0.273 e. The number of carbonyl (C=O) groups is 1. The van der Waals surface area contributed by atoms with Crippen molar-refractivity contribution in [2.24, 2.45) is 0 Å². The molecule has 10 nitrogen and oxygen atoms in total. The van der Waals surface area contributed by atoms with E-state index in [1.165, 1.54) is 34.2 Å². The standard InChI is InChI=1S/C13H13N7O3/c1-9-6-10(18-23-9)13(22)15-4-5-19-12(21)3-2-11(17-19)20-8-14-7-16-20/h2-3,6-8H,4-5H2,1H3,(H,15,22). The van der Waals surface area contributed by atoms with Crippen LogP contribution in [-0.4, -0.2) is 42.2 Å². The Labute approximate surface area is 129 Å². The Kier molecular flexibility index (Phi) is 3.95. The largest absolute Gasteiger partial charge is 0.361 e. The van der Waals surface area contributed by atoms with Gasteiger partial charge in [0.15, 0.2) is 11.5 Å². The molecule has 0 spiro atoms. The predicted molar refractivity (Wildman–Crippen MR) is 77.0 cm³/mol. The van der Waals surface area contributed by atoms with Gasteiger partial charge in [0.1, 0.15) is 18.4 Å². The summed E-state index contributed by atoms with van der Waals surface area (Å²) in [4.78, 5) is 27.5. The fraction of sp³-hybridized carbons (Fsp3) is 0.231. The van der Waals surface area contributed by atoms with Gasteiger partial charge in [0, 0.05) is 18.7 Å². The number of carbonyl (C=O) groups excluding carboxylic acids is 1. The molecule has 3 rings (SSSR count). The van der Waals surface area contributed by atoms with E-state index in [0.29, 0.717) is 11.6 Å². The number of amides is 1. The van der Waals surface area contributed by atoms with Gasteiger partial charge in [-0.15, -0.1) is 5.10 Å². The van der Waals surface area contributed by atoms with Crippen molar-refractivity contribution in [1.82, 2.24) is 35.0 Å². The van der Waals surface area contributed by atoms with Gasteiger partial charge in [0.25, 0.3) is 11.5 Å². The van der Waals surface area contributed by atoms with Crippen LogP contribution in [0.1, 0.15) is 16.2 Å². The summed E-state index contributed by atoms with van der Waals surface area (Å²) in [7, 11) is 0. The Morgan fingerprint density at radius 3 is 2.96 bits per heavy atom. The highest BCUT2D eigenvalue weighted by Crippen LogP contribution is 2.01. The Morgan fingerprint density at radius 1 is 1.39 bits per heavy atom.